The second-order valence-electron chi connectivity index (χ2n) is 5.77. The average molecular weight is 337 g/mol. The summed E-state index contributed by atoms with van der Waals surface area (Å²) in [4.78, 5) is 26.6. The Kier molecular flexibility index (Phi) is 4.57. The van der Waals surface area contributed by atoms with Crippen molar-refractivity contribution in [3.8, 4) is 11.5 Å². The molecule has 0 atom stereocenters. The van der Waals surface area contributed by atoms with Gasteiger partial charge in [0.25, 0.3) is 11.8 Å². The number of hydrogen-bond donors (Lipinski definition) is 0. The van der Waals surface area contributed by atoms with E-state index in [1.807, 2.05) is 24.3 Å². The molecule has 2 aromatic rings. The third kappa shape index (κ3) is 3.13. The standard InChI is InChI=1S/C20H19NO4/c1-13-18(12-14-4-8-16(24-2)9-5-14)20(23)21(19(13)22)15-6-10-17(25-3)11-7-15/h4-11H,12H2,1-3H3. The Labute approximate surface area is 146 Å². The zero-order chi connectivity index (χ0) is 18.0. The van der Waals surface area contributed by atoms with Gasteiger partial charge in [-0.1, -0.05) is 12.1 Å². The van der Waals surface area contributed by atoms with Gasteiger partial charge in [-0.25, -0.2) is 4.90 Å². The molecule has 5 heteroatoms. The molecule has 0 fully saturated rings. The summed E-state index contributed by atoms with van der Waals surface area (Å²) >= 11 is 0. The third-order valence-electron chi connectivity index (χ3n) is 4.31. The van der Waals surface area contributed by atoms with Crippen molar-refractivity contribution in [1.29, 1.82) is 0 Å². The van der Waals surface area contributed by atoms with Gasteiger partial charge in [0.15, 0.2) is 0 Å². The average Bonchev–Trinajstić information content (AvgIpc) is 2.86. The third-order valence-corrected chi connectivity index (χ3v) is 4.31. The maximum atomic E-state index is 12.8. The molecule has 0 saturated carbocycles. The van der Waals surface area contributed by atoms with Crippen molar-refractivity contribution in [1.82, 2.24) is 0 Å². The van der Waals surface area contributed by atoms with Crippen molar-refractivity contribution in [2.24, 2.45) is 0 Å². The van der Waals surface area contributed by atoms with E-state index in [2.05, 4.69) is 0 Å². The smallest absolute Gasteiger partial charge is 0.262 e. The number of amides is 2. The molecule has 128 valence electrons. The normalized spacial score (nSPS) is 14.3. The lowest BCUT2D eigenvalue weighted by atomic mass is 10.0. The lowest BCUT2D eigenvalue weighted by molar-refractivity contribution is -0.120. The molecule has 2 aromatic carbocycles. The molecule has 1 aliphatic rings. The van der Waals surface area contributed by atoms with E-state index in [9.17, 15) is 9.59 Å². The predicted octanol–water partition coefficient (Wildman–Crippen LogP) is 3.14. The van der Waals surface area contributed by atoms with Crippen molar-refractivity contribution < 1.29 is 19.1 Å². The Balaban J connectivity index is 1.85. The van der Waals surface area contributed by atoms with Gasteiger partial charge < -0.3 is 9.47 Å². The van der Waals surface area contributed by atoms with E-state index < -0.39 is 0 Å². The van der Waals surface area contributed by atoms with Crippen LogP contribution in [-0.4, -0.2) is 26.0 Å². The molecule has 2 amide bonds. The molecule has 0 unspecified atom stereocenters. The SMILES string of the molecule is COc1ccc(CC2=C(C)C(=O)N(c3ccc(OC)cc3)C2=O)cc1. The number of benzene rings is 2. The Morgan fingerprint density at radius 3 is 1.84 bits per heavy atom. The van der Waals surface area contributed by atoms with Gasteiger partial charge in [0.2, 0.25) is 0 Å². The van der Waals surface area contributed by atoms with Crippen LogP contribution < -0.4 is 14.4 Å². The van der Waals surface area contributed by atoms with Crippen LogP contribution in [0.5, 0.6) is 11.5 Å². The molecule has 3 rings (SSSR count). The molecule has 1 aliphatic heterocycles. The molecule has 0 bridgehead atoms. The Hall–Kier alpha value is -3.08. The minimum Gasteiger partial charge on any atom is -0.497 e. The van der Waals surface area contributed by atoms with Gasteiger partial charge in [0, 0.05) is 17.6 Å². The Bertz CT molecular complexity index is 835. The summed E-state index contributed by atoms with van der Waals surface area (Å²) in [5.41, 5.74) is 2.50. The highest BCUT2D eigenvalue weighted by Crippen LogP contribution is 2.30. The zero-order valence-electron chi connectivity index (χ0n) is 14.4. The predicted molar refractivity (Wildman–Crippen MR) is 94.9 cm³/mol. The van der Waals surface area contributed by atoms with Crippen molar-refractivity contribution in [2.75, 3.05) is 19.1 Å². The fraction of sp³-hybridized carbons (Fsp3) is 0.200. The van der Waals surface area contributed by atoms with Crippen LogP contribution in [0.2, 0.25) is 0 Å². The fourth-order valence-electron chi connectivity index (χ4n) is 2.81. The molecule has 0 aromatic heterocycles. The van der Waals surface area contributed by atoms with E-state index in [0.717, 1.165) is 11.3 Å². The second-order valence-corrected chi connectivity index (χ2v) is 5.77. The van der Waals surface area contributed by atoms with Crippen LogP contribution in [0, 0.1) is 0 Å². The van der Waals surface area contributed by atoms with Gasteiger partial charge >= 0.3 is 0 Å². The van der Waals surface area contributed by atoms with E-state index in [4.69, 9.17) is 9.47 Å². The summed E-state index contributed by atoms with van der Waals surface area (Å²) in [7, 11) is 3.17. The van der Waals surface area contributed by atoms with Crippen molar-refractivity contribution in [3.63, 3.8) is 0 Å². The number of methoxy groups -OCH3 is 2. The largest absolute Gasteiger partial charge is 0.497 e. The number of rotatable bonds is 5. The molecular weight excluding hydrogens is 318 g/mol. The number of carbonyl (C=O) groups excluding carboxylic acids is 2. The van der Waals surface area contributed by atoms with E-state index in [-0.39, 0.29) is 11.8 Å². The minimum absolute atomic E-state index is 0.275. The van der Waals surface area contributed by atoms with E-state index in [1.165, 1.54) is 4.90 Å². The van der Waals surface area contributed by atoms with Gasteiger partial charge in [0.05, 0.1) is 19.9 Å². The highest BCUT2D eigenvalue weighted by molar-refractivity contribution is 6.32. The first kappa shape index (κ1) is 16.8. The number of carbonyl (C=O) groups is 2. The maximum absolute atomic E-state index is 12.8. The number of nitrogens with zero attached hydrogens (tertiary/aromatic N) is 1. The monoisotopic (exact) mass is 337 g/mol. The molecule has 1 heterocycles. The van der Waals surface area contributed by atoms with Crippen LogP contribution in [0.25, 0.3) is 0 Å². The van der Waals surface area contributed by atoms with Gasteiger partial charge in [0.1, 0.15) is 11.5 Å². The van der Waals surface area contributed by atoms with Crippen LogP contribution in [-0.2, 0) is 16.0 Å². The minimum atomic E-state index is -0.279. The highest BCUT2D eigenvalue weighted by Gasteiger charge is 2.36. The summed E-state index contributed by atoms with van der Waals surface area (Å²) in [5.74, 6) is 0.872. The van der Waals surface area contributed by atoms with Gasteiger partial charge in [-0.2, -0.15) is 0 Å². The summed E-state index contributed by atoms with van der Waals surface area (Å²) in [6.07, 6.45) is 0.410. The zero-order valence-corrected chi connectivity index (χ0v) is 14.4. The number of hydrogen-bond acceptors (Lipinski definition) is 4. The van der Waals surface area contributed by atoms with Crippen molar-refractivity contribution >= 4 is 17.5 Å². The molecule has 0 aliphatic carbocycles. The van der Waals surface area contributed by atoms with Crippen molar-refractivity contribution in [3.05, 3.63) is 65.2 Å². The summed E-state index contributed by atoms with van der Waals surface area (Å²) < 4.78 is 10.3. The first-order chi connectivity index (χ1) is 12.0. The summed E-state index contributed by atoms with van der Waals surface area (Å²) in [6.45, 7) is 1.70. The van der Waals surface area contributed by atoms with Crippen molar-refractivity contribution in [2.45, 2.75) is 13.3 Å². The number of anilines is 1. The van der Waals surface area contributed by atoms with Gasteiger partial charge in [-0.05, 0) is 48.9 Å². The maximum Gasteiger partial charge on any atom is 0.262 e. The highest BCUT2D eigenvalue weighted by atomic mass is 16.5. The molecule has 5 nitrogen and oxygen atoms in total. The van der Waals surface area contributed by atoms with Gasteiger partial charge in [-0.3, -0.25) is 9.59 Å². The molecule has 0 saturated heterocycles. The molecule has 25 heavy (non-hydrogen) atoms. The first-order valence-corrected chi connectivity index (χ1v) is 7.90. The Morgan fingerprint density at radius 1 is 0.800 bits per heavy atom. The van der Waals surface area contributed by atoms with Crippen LogP contribution in [0.4, 0.5) is 5.69 Å². The summed E-state index contributed by atoms with van der Waals surface area (Å²) in [6, 6.07) is 14.3. The van der Waals surface area contributed by atoms with Crippen LogP contribution in [0.1, 0.15) is 12.5 Å². The second kappa shape index (κ2) is 6.81. The van der Waals surface area contributed by atoms with E-state index in [0.29, 0.717) is 29.0 Å². The first-order valence-electron chi connectivity index (χ1n) is 7.90. The number of imide groups is 1. The van der Waals surface area contributed by atoms with Crippen LogP contribution in [0.15, 0.2) is 59.7 Å². The summed E-state index contributed by atoms with van der Waals surface area (Å²) in [5, 5.41) is 0. The molecule has 0 spiro atoms. The van der Waals surface area contributed by atoms with E-state index >= 15 is 0 Å². The number of ether oxygens (including phenoxy) is 2. The van der Waals surface area contributed by atoms with Crippen LogP contribution in [0.3, 0.4) is 0 Å². The van der Waals surface area contributed by atoms with Gasteiger partial charge in [-0.15, -0.1) is 0 Å². The fourth-order valence-corrected chi connectivity index (χ4v) is 2.81. The molecule has 0 N–H and O–H groups in total. The lowest BCUT2D eigenvalue weighted by Gasteiger charge is -2.15. The van der Waals surface area contributed by atoms with Crippen LogP contribution >= 0.6 is 0 Å². The molecular formula is C20H19NO4. The molecule has 0 radical (unpaired) electrons. The van der Waals surface area contributed by atoms with E-state index in [1.54, 1.807) is 45.4 Å². The Morgan fingerprint density at radius 2 is 1.32 bits per heavy atom. The topological polar surface area (TPSA) is 55.8 Å². The quantitative estimate of drug-likeness (QED) is 0.787. The lowest BCUT2D eigenvalue weighted by Crippen LogP contribution is -2.31.